The monoisotopic (exact) mass is 536 g/mol. The number of ether oxygens (including phenoxy) is 1. The van der Waals surface area contributed by atoms with E-state index in [0.29, 0.717) is 32.2 Å². The van der Waals surface area contributed by atoms with Crippen LogP contribution in [0.15, 0.2) is 56.9 Å². The first-order valence-corrected chi connectivity index (χ1v) is 12.5. The molecule has 1 aromatic heterocycles. The minimum atomic E-state index is -3.93. The Balaban J connectivity index is 1.42. The fourth-order valence-electron chi connectivity index (χ4n) is 2.51. The van der Waals surface area contributed by atoms with Crippen LogP contribution < -0.4 is 26.3 Å². The number of anilines is 2. The van der Waals surface area contributed by atoms with Crippen molar-refractivity contribution in [1.29, 1.82) is 0 Å². The molecule has 0 fully saturated rings. The van der Waals surface area contributed by atoms with Crippen molar-refractivity contribution in [3.8, 4) is 5.75 Å². The molecule has 12 nitrogen and oxygen atoms in total. The van der Waals surface area contributed by atoms with Gasteiger partial charge >= 0.3 is 0 Å². The van der Waals surface area contributed by atoms with Gasteiger partial charge in [0.25, 0.3) is 10.0 Å². The Labute approximate surface area is 210 Å². The molecule has 0 saturated heterocycles. The first-order chi connectivity index (χ1) is 16.7. The zero-order valence-corrected chi connectivity index (χ0v) is 20.9. The lowest BCUT2D eigenvalue weighted by Gasteiger charge is -2.07. The summed E-state index contributed by atoms with van der Waals surface area (Å²) < 4.78 is 33.8. The number of amides is 1. The van der Waals surface area contributed by atoms with Gasteiger partial charge in [-0.2, -0.15) is 13.5 Å². The normalized spacial score (nSPS) is 11.5. The molecule has 3 rings (SSSR count). The van der Waals surface area contributed by atoms with E-state index in [2.05, 4.69) is 41.3 Å². The second-order valence-corrected chi connectivity index (χ2v) is 9.90. The van der Waals surface area contributed by atoms with Crippen molar-refractivity contribution in [2.75, 3.05) is 10.7 Å². The van der Waals surface area contributed by atoms with Crippen molar-refractivity contribution < 1.29 is 17.9 Å². The minimum Gasteiger partial charge on any atom is -0.486 e. The van der Waals surface area contributed by atoms with E-state index in [0.717, 1.165) is 6.34 Å². The largest absolute Gasteiger partial charge is 0.486 e. The summed E-state index contributed by atoms with van der Waals surface area (Å²) in [6.07, 6.45) is 2.20. The molecule has 0 unspecified atom stereocenters. The van der Waals surface area contributed by atoms with E-state index in [1.54, 1.807) is 31.2 Å². The van der Waals surface area contributed by atoms with Gasteiger partial charge in [-0.05, 0) is 55.0 Å². The van der Waals surface area contributed by atoms with Crippen LogP contribution in [0.3, 0.4) is 0 Å². The molecule has 35 heavy (non-hydrogen) atoms. The van der Waals surface area contributed by atoms with Crippen molar-refractivity contribution in [2.24, 2.45) is 9.50 Å². The molecule has 1 amide bonds. The van der Waals surface area contributed by atoms with E-state index in [1.165, 1.54) is 42.8 Å². The van der Waals surface area contributed by atoms with Crippen LogP contribution in [0.5, 0.6) is 5.75 Å². The van der Waals surface area contributed by atoms with E-state index in [9.17, 15) is 13.2 Å². The van der Waals surface area contributed by atoms with Crippen molar-refractivity contribution in [3.63, 3.8) is 0 Å². The number of hydrazone groups is 1. The minimum absolute atomic E-state index is 0.00963. The zero-order chi connectivity index (χ0) is 25.3. The third kappa shape index (κ3) is 8.20. The van der Waals surface area contributed by atoms with Crippen LogP contribution in [0.4, 0.5) is 10.8 Å². The van der Waals surface area contributed by atoms with E-state index in [1.807, 2.05) is 0 Å². The van der Waals surface area contributed by atoms with Crippen LogP contribution >= 0.6 is 22.9 Å². The molecular formula is C20H21ClN8O4S2. The van der Waals surface area contributed by atoms with Crippen LogP contribution in [0.2, 0.25) is 5.02 Å². The molecule has 0 bridgehead atoms. The Morgan fingerprint density at radius 2 is 1.89 bits per heavy atom. The molecule has 2 aromatic carbocycles. The standard InChI is InChI=1S/C20H21ClN8O4S2/c1-13-9-17(7-8-18(13)26-14(2)30)35(31,32)25-12-23-22-11-24-28-20-29-27-19(34-20)10-33-16-5-3-15(21)4-6-16/h3-9,11-12H,10H2,1-2H3,(H,22,24)(H,23,25)(H,26,30)(H,28,29). The third-order valence-electron chi connectivity index (χ3n) is 4.08. The van der Waals surface area contributed by atoms with Gasteiger partial charge in [0, 0.05) is 17.6 Å². The summed E-state index contributed by atoms with van der Waals surface area (Å²) in [5, 5.41) is 16.1. The van der Waals surface area contributed by atoms with E-state index in [-0.39, 0.29) is 17.4 Å². The van der Waals surface area contributed by atoms with E-state index in [4.69, 9.17) is 16.3 Å². The van der Waals surface area contributed by atoms with Crippen LogP contribution in [0.1, 0.15) is 17.5 Å². The fraction of sp³-hybridized carbons (Fsp3) is 0.150. The molecule has 15 heteroatoms. The molecule has 3 aromatic rings. The SMILES string of the molecule is CC(=O)Nc1ccc(S(=O)(=O)/N=C/NN/C=N/Nc2nnc(COc3ccc(Cl)cc3)s2)cc1C. The van der Waals surface area contributed by atoms with E-state index >= 15 is 0 Å². The number of sulfonamides is 1. The van der Waals surface area contributed by atoms with Crippen LogP contribution in [0, 0.1) is 6.92 Å². The lowest BCUT2D eigenvalue weighted by Crippen LogP contribution is -2.29. The van der Waals surface area contributed by atoms with Crippen molar-refractivity contribution in [3.05, 3.63) is 58.1 Å². The first-order valence-electron chi connectivity index (χ1n) is 9.89. The second kappa shape index (κ2) is 12.1. The highest BCUT2D eigenvalue weighted by molar-refractivity contribution is 7.90. The highest BCUT2D eigenvalue weighted by Gasteiger charge is 2.13. The molecule has 0 saturated carbocycles. The van der Waals surface area contributed by atoms with Crippen molar-refractivity contribution in [1.82, 2.24) is 21.0 Å². The Bertz CT molecular complexity index is 1330. The Hall–Kier alpha value is -3.75. The number of carbonyl (C=O) groups excluding carboxylic acids is 1. The zero-order valence-electron chi connectivity index (χ0n) is 18.5. The van der Waals surface area contributed by atoms with Crippen molar-refractivity contribution in [2.45, 2.75) is 25.3 Å². The fourth-order valence-corrected chi connectivity index (χ4v) is 4.12. The summed E-state index contributed by atoms with van der Waals surface area (Å²) in [7, 11) is -3.93. The molecule has 1 heterocycles. The number of aryl methyl sites for hydroxylation is 1. The van der Waals surface area contributed by atoms with Crippen LogP contribution in [-0.2, 0) is 21.4 Å². The van der Waals surface area contributed by atoms with Gasteiger partial charge < -0.3 is 10.1 Å². The maximum atomic E-state index is 12.3. The highest BCUT2D eigenvalue weighted by Crippen LogP contribution is 2.21. The number of nitrogens with zero attached hydrogens (tertiary/aromatic N) is 4. The second-order valence-electron chi connectivity index (χ2n) is 6.77. The molecule has 0 aliphatic rings. The Kier molecular flexibility index (Phi) is 8.94. The molecule has 0 radical (unpaired) electrons. The third-order valence-corrected chi connectivity index (χ3v) is 6.36. The lowest BCUT2D eigenvalue weighted by atomic mass is 10.2. The van der Waals surface area contributed by atoms with Crippen molar-refractivity contribution >= 4 is 62.4 Å². The molecule has 0 spiro atoms. The number of hydrazine groups is 1. The molecule has 0 aliphatic carbocycles. The number of halogens is 1. The molecule has 4 N–H and O–H groups in total. The predicted molar refractivity (Wildman–Crippen MR) is 135 cm³/mol. The van der Waals surface area contributed by atoms with Gasteiger partial charge in [0.15, 0.2) is 5.01 Å². The number of carbonyl (C=O) groups is 1. The number of nitrogens with one attached hydrogen (secondary N) is 4. The summed E-state index contributed by atoms with van der Waals surface area (Å²) in [6, 6.07) is 11.3. The number of rotatable bonds is 11. The van der Waals surface area contributed by atoms with Gasteiger partial charge in [0.1, 0.15) is 25.0 Å². The lowest BCUT2D eigenvalue weighted by molar-refractivity contribution is -0.114. The average Bonchev–Trinajstić information content (AvgIpc) is 3.27. The quantitative estimate of drug-likeness (QED) is 0.125. The highest BCUT2D eigenvalue weighted by atomic mass is 35.5. The summed E-state index contributed by atoms with van der Waals surface area (Å²) in [4.78, 5) is 11.2. The van der Waals surface area contributed by atoms with Gasteiger partial charge in [0.2, 0.25) is 11.0 Å². The topological polar surface area (TPSA) is 159 Å². The molecular weight excluding hydrogens is 516 g/mol. The molecule has 0 atom stereocenters. The van der Waals surface area contributed by atoms with Gasteiger partial charge in [-0.3, -0.25) is 15.6 Å². The van der Waals surface area contributed by atoms with Crippen LogP contribution in [0.25, 0.3) is 0 Å². The number of hydrogen-bond donors (Lipinski definition) is 4. The van der Waals surface area contributed by atoms with Gasteiger partial charge in [0.05, 0.1) is 4.90 Å². The number of aromatic nitrogens is 2. The average molecular weight is 537 g/mol. The Morgan fingerprint density at radius 3 is 2.60 bits per heavy atom. The smallest absolute Gasteiger partial charge is 0.283 e. The predicted octanol–water partition coefficient (Wildman–Crippen LogP) is 2.90. The van der Waals surface area contributed by atoms with E-state index < -0.39 is 10.0 Å². The summed E-state index contributed by atoms with van der Waals surface area (Å²) in [5.74, 6) is 0.413. The summed E-state index contributed by atoms with van der Waals surface area (Å²) >= 11 is 7.09. The first kappa shape index (κ1) is 25.9. The summed E-state index contributed by atoms with van der Waals surface area (Å²) in [6.45, 7) is 3.30. The molecule has 0 aliphatic heterocycles. The van der Waals surface area contributed by atoms with Gasteiger partial charge in [-0.15, -0.1) is 14.6 Å². The summed E-state index contributed by atoms with van der Waals surface area (Å²) in [5.41, 5.74) is 8.80. The maximum Gasteiger partial charge on any atom is 0.283 e. The maximum absolute atomic E-state index is 12.3. The number of benzene rings is 2. The van der Waals surface area contributed by atoms with Crippen LogP contribution in [-0.4, -0.2) is 37.2 Å². The van der Waals surface area contributed by atoms with Gasteiger partial charge in [-0.25, -0.2) is 5.43 Å². The number of hydrogen-bond acceptors (Lipinski definition) is 9. The Morgan fingerprint density at radius 1 is 1.14 bits per heavy atom. The van der Waals surface area contributed by atoms with Gasteiger partial charge in [-0.1, -0.05) is 22.9 Å². The molecule has 184 valence electrons.